The second kappa shape index (κ2) is 9.48. The number of carbonyl (C=O) groups is 2. The third-order valence-electron chi connectivity index (χ3n) is 4.73. The predicted molar refractivity (Wildman–Crippen MR) is 113 cm³/mol. The maximum Gasteiger partial charge on any atom is 0.341 e. The van der Waals surface area contributed by atoms with E-state index in [1.165, 1.54) is 23.3 Å². The Kier molecular flexibility index (Phi) is 7.58. The molecule has 1 aliphatic heterocycles. The van der Waals surface area contributed by atoms with E-state index in [1.807, 2.05) is 0 Å². The van der Waals surface area contributed by atoms with Gasteiger partial charge in [0.25, 0.3) is 5.91 Å². The molecule has 1 aromatic rings. The van der Waals surface area contributed by atoms with Crippen molar-refractivity contribution in [2.45, 2.75) is 32.7 Å². The van der Waals surface area contributed by atoms with E-state index >= 15 is 0 Å². The highest BCUT2D eigenvalue weighted by atomic mass is 32.1. The van der Waals surface area contributed by atoms with Crippen LogP contribution in [0.5, 0.6) is 0 Å². The van der Waals surface area contributed by atoms with Gasteiger partial charge in [0.05, 0.1) is 17.6 Å². The maximum atomic E-state index is 12.4. The monoisotopic (exact) mass is 412 g/mol. The van der Waals surface area contributed by atoms with Gasteiger partial charge in [-0.05, 0) is 44.1 Å². The van der Waals surface area contributed by atoms with E-state index in [4.69, 9.17) is 17.0 Å². The van der Waals surface area contributed by atoms with E-state index < -0.39 is 5.97 Å². The van der Waals surface area contributed by atoms with E-state index in [-0.39, 0.29) is 5.91 Å². The molecule has 0 aromatic carbocycles. The summed E-state index contributed by atoms with van der Waals surface area (Å²) in [6.45, 7) is 7.07. The number of amides is 1. The van der Waals surface area contributed by atoms with Crippen molar-refractivity contribution in [3.8, 4) is 0 Å². The second-order valence-electron chi connectivity index (χ2n) is 6.76. The number of thiophene rings is 1. The van der Waals surface area contributed by atoms with Crippen LogP contribution in [0.25, 0.3) is 0 Å². The smallest absolute Gasteiger partial charge is 0.341 e. The van der Waals surface area contributed by atoms with Crippen molar-refractivity contribution >= 4 is 45.5 Å². The molecule has 0 radical (unpaired) electrons. The molecule has 1 amide bonds. The molecule has 0 aliphatic carbocycles. The lowest BCUT2D eigenvalue weighted by Crippen LogP contribution is -2.45. The van der Waals surface area contributed by atoms with Gasteiger partial charge in [-0.1, -0.05) is 6.92 Å². The van der Waals surface area contributed by atoms with Crippen molar-refractivity contribution in [2.24, 2.45) is 0 Å². The Bertz CT molecular complexity index is 710. The first-order chi connectivity index (χ1) is 12.8. The average molecular weight is 413 g/mol. The fourth-order valence-corrected chi connectivity index (χ4v) is 4.63. The third-order valence-corrected chi connectivity index (χ3v) is 6.15. The average Bonchev–Trinajstić information content (AvgIpc) is 2.96. The number of methoxy groups -OCH3 is 1. The molecule has 2 heterocycles. The summed E-state index contributed by atoms with van der Waals surface area (Å²) in [5.74, 6) is -0.635. The Morgan fingerprint density at radius 1 is 1.33 bits per heavy atom. The van der Waals surface area contributed by atoms with E-state index in [9.17, 15) is 9.59 Å². The molecule has 1 fully saturated rings. The molecule has 0 spiro atoms. The van der Waals surface area contributed by atoms with E-state index in [2.05, 4.69) is 22.5 Å². The predicted octanol–water partition coefficient (Wildman–Crippen LogP) is 2.32. The number of esters is 1. The normalized spacial score (nSPS) is 15.3. The molecule has 1 aromatic heterocycles. The van der Waals surface area contributed by atoms with Gasteiger partial charge in [-0.25, -0.2) is 4.79 Å². The lowest BCUT2D eigenvalue weighted by Gasteiger charge is -2.32. The number of piperidine rings is 1. The molecular weight excluding hydrogens is 384 g/mol. The highest BCUT2D eigenvalue weighted by Crippen LogP contribution is 2.34. The van der Waals surface area contributed by atoms with E-state index in [0.29, 0.717) is 32.2 Å². The van der Waals surface area contributed by atoms with Crippen molar-refractivity contribution in [1.82, 2.24) is 15.1 Å². The van der Waals surface area contributed by atoms with Crippen molar-refractivity contribution in [2.75, 3.05) is 46.2 Å². The number of ether oxygens (including phenoxy) is 1. The Hall–Kier alpha value is -1.71. The van der Waals surface area contributed by atoms with Crippen molar-refractivity contribution in [3.05, 3.63) is 16.0 Å². The summed E-state index contributed by atoms with van der Waals surface area (Å²) in [6, 6.07) is 0.304. The van der Waals surface area contributed by atoms with Crippen LogP contribution in [0.15, 0.2) is 0 Å². The Morgan fingerprint density at radius 3 is 2.48 bits per heavy atom. The first kappa shape index (κ1) is 21.6. The highest BCUT2D eigenvalue weighted by molar-refractivity contribution is 7.80. The molecule has 1 saturated heterocycles. The Morgan fingerprint density at radius 2 is 1.96 bits per heavy atom. The number of hydrogen-bond donors (Lipinski definition) is 2. The summed E-state index contributed by atoms with van der Waals surface area (Å²) < 4.78 is 4.90. The zero-order chi connectivity index (χ0) is 20.1. The number of nitrogens with zero attached hydrogens (tertiary/aromatic N) is 2. The van der Waals surface area contributed by atoms with Crippen LogP contribution >= 0.6 is 23.6 Å². The fraction of sp³-hybridized carbons (Fsp3) is 0.611. The zero-order valence-electron chi connectivity index (χ0n) is 16.5. The summed E-state index contributed by atoms with van der Waals surface area (Å²) in [6.07, 6.45) is 2.04. The summed E-state index contributed by atoms with van der Waals surface area (Å²) in [5, 5.41) is 7.43. The molecule has 0 bridgehead atoms. The summed E-state index contributed by atoms with van der Waals surface area (Å²) in [7, 11) is 4.69. The van der Waals surface area contributed by atoms with Crippen LogP contribution in [0.3, 0.4) is 0 Å². The minimum atomic E-state index is -0.483. The SMILES string of the molecule is CCN1CCC(NC(=S)Nc2sc(C(=O)N(C)C)c(C)c2C(=O)OC)CC1. The maximum absolute atomic E-state index is 12.4. The zero-order valence-corrected chi connectivity index (χ0v) is 18.2. The Labute approximate surface area is 170 Å². The summed E-state index contributed by atoms with van der Waals surface area (Å²) in [5.41, 5.74) is 0.963. The van der Waals surface area contributed by atoms with Gasteiger partial charge in [-0.15, -0.1) is 11.3 Å². The number of likely N-dealkylation sites (tertiary alicyclic amines) is 1. The van der Waals surface area contributed by atoms with Crippen LogP contribution in [-0.4, -0.2) is 73.7 Å². The number of nitrogens with one attached hydrogen (secondary N) is 2. The fourth-order valence-electron chi connectivity index (χ4n) is 3.07. The van der Waals surface area contributed by atoms with Gasteiger partial charge in [0.1, 0.15) is 5.00 Å². The lowest BCUT2D eigenvalue weighted by molar-refractivity contribution is 0.0601. The van der Waals surface area contributed by atoms with Gasteiger partial charge < -0.3 is 25.2 Å². The van der Waals surface area contributed by atoms with Gasteiger partial charge in [0.2, 0.25) is 0 Å². The van der Waals surface area contributed by atoms with Crippen molar-refractivity contribution in [3.63, 3.8) is 0 Å². The largest absolute Gasteiger partial charge is 0.465 e. The van der Waals surface area contributed by atoms with Crippen LogP contribution in [-0.2, 0) is 4.74 Å². The molecular formula is C18H28N4O3S2. The summed E-state index contributed by atoms with van der Waals surface area (Å²) >= 11 is 6.67. The van der Waals surface area contributed by atoms with Gasteiger partial charge in [-0.3, -0.25) is 4.79 Å². The van der Waals surface area contributed by atoms with Gasteiger partial charge in [0.15, 0.2) is 5.11 Å². The van der Waals surface area contributed by atoms with Crippen LogP contribution in [0.2, 0.25) is 0 Å². The number of hydrogen-bond acceptors (Lipinski definition) is 6. The molecule has 0 saturated carbocycles. The number of rotatable bonds is 5. The molecule has 7 nitrogen and oxygen atoms in total. The van der Waals surface area contributed by atoms with Gasteiger partial charge >= 0.3 is 5.97 Å². The topological polar surface area (TPSA) is 73.9 Å². The first-order valence-electron chi connectivity index (χ1n) is 9.01. The molecule has 0 unspecified atom stereocenters. The summed E-state index contributed by atoms with van der Waals surface area (Å²) in [4.78, 5) is 29.1. The van der Waals surface area contributed by atoms with E-state index in [0.717, 1.165) is 32.5 Å². The minimum absolute atomic E-state index is 0.151. The quantitative estimate of drug-likeness (QED) is 0.568. The van der Waals surface area contributed by atoms with Gasteiger partial charge in [0, 0.05) is 33.2 Å². The Balaban J connectivity index is 2.14. The molecule has 0 atom stereocenters. The van der Waals surface area contributed by atoms with Crippen LogP contribution in [0.1, 0.15) is 45.4 Å². The van der Waals surface area contributed by atoms with Gasteiger partial charge in [-0.2, -0.15) is 0 Å². The number of carbonyl (C=O) groups excluding carboxylic acids is 2. The molecule has 150 valence electrons. The number of anilines is 1. The van der Waals surface area contributed by atoms with Crippen LogP contribution in [0, 0.1) is 6.92 Å². The third kappa shape index (κ3) is 5.18. The molecule has 27 heavy (non-hydrogen) atoms. The number of thiocarbonyl (C=S) groups is 1. The minimum Gasteiger partial charge on any atom is -0.465 e. The standard InChI is InChI=1S/C18H28N4O3S2/c1-6-22-9-7-12(8-10-22)19-18(26)20-15-13(17(24)25-5)11(2)14(27-15)16(23)21(3)4/h12H,6-10H2,1-5H3,(H2,19,20,26). The van der Waals surface area contributed by atoms with Crippen LogP contribution in [0.4, 0.5) is 5.00 Å². The highest BCUT2D eigenvalue weighted by Gasteiger charge is 2.27. The second-order valence-corrected chi connectivity index (χ2v) is 8.19. The molecule has 1 aliphatic rings. The molecule has 2 N–H and O–H groups in total. The van der Waals surface area contributed by atoms with E-state index in [1.54, 1.807) is 21.0 Å². The van der Waals surface area contributed by atoms with Crippen molar-refractivity contribution in [1.29, 1.82) is 0 Å². The molecule has 2 rings (SSSR count). The lowest BCUT2D eigenvalue weighted by atomic mass is 10.1. The van der Waals surface area contributed by atoms with Crippen molar-refractivity contribution < 1.29 is 14.3 Å². The van der Waals surface area contributed by atoms with Crippen LogP contribution < -0.4 is 10.6 Å². The first-order valence-corrected chi connectivity index (χ1v) is 10.2. The molecule has 9 heteroatoms.